The van der Waals surface area contributed by atoms with Crippen LogP contribution >= 0.6 is 0 Å². The van der Waals surface area contributed by atoms with E-state index in [0.717, 1.165) is 19.0 Å². The van der Waals surface area contributed by atoms with E-state index in [-0.39, 0.29) is 6.03 Å². The van der Waals surface area contributed by atoms with Gasteiger partial charge in [-0.15, -0.1) is 0 Å². The second-order valence-corrected chi connectivity index (χ2v) is 4.57. The highest BCUT2D eigenvalue weighted by Crippen LogP contribution is 2.34. The van der Waals surface area contributed by atoms with Crippen LogP contribution in [-0.4, -0.2) is 55.2 Å². The number of hydrogen-bond donors (Lipinski definition) is 0. The summed E-state index contributed by atoms with van der Waals surface area (Å²) in [5, 5.41) is 0. The van der Waals surface area contributed by atoms with Gasteiger partial charge in [0.2, 0.25) is 0 Å². The minimum absolute atomic E-state index is 0.165. The zero-order valence-corrected chi connectivity index (χ0v) is 9.61. The van der Waals surface area contributed by atoms with E-state index in [4.69, 9.17) is 4.74 Å². The molecule has 0 spiro atoms. The van der Waals surface area contributed by atoms with Crippen LogP contribution in [0.25, 0.3) is 0 Å². The number of rotatable bonds is 2. The largest absolute Gasteiger partial charge is 0.378 e. The molecule has 1 atom stereocenters. The number of carbonyl (C=O) groups is 1. The first-order chi connectivity index (χ1) is 7.20. The van der Waals surface area contributed by atoms with Gasteiger partial charge in [0.05, 0.1) is 13.2 Å². The van der Waals surface area contributed by atoms with Crippen LogP contribution in [0.5, 0.6) is 0 Å². The first-order valence-electron chi connectivity index (χ1n) is 5.79. The van der Waals surface area contributed by atoms with E-state index >= 15 is 0 Å². The summed E-state index contributed by atoms with van der Waals surface area (Å²) in [6.07, 6.45) is 2.56. The van der Waals surface area contributed by atoms with Crippen LogP contribution in [0.2, 0.25) is 0 Å². The zero-order valence-electron chi connectivity index (χ0n) is 9.61. The van der Waals surface area contributed by atoms with Gasteiger partial charge in [0.25, 0.3) is 0 Å². The summed E-state index contributed by atoms with van der Waals surface area (Å²) >= 11 is 0. The van der Waals surface area contributed by atoms with E-state index in [1.165, 1.54) is 12.8 Å². The topological polar surface area (TPSA) is 32.8 Å². The number of nitrogens with zero attached hydrogens (tertiary/aromatic N) is 2. The van der Waals surface area contributed by atoms with Crippen molar-refractivity contribution in [3.63, 3.8) is 0 Å². The second-order valence-electron chi connectivity index (χ2n) is 4.57. The molecular formula is C11H20N2O2. The van der Waals surface area contributed by atoms with Gasteiger partial charge >= 0.3 is 6.03 Å². The number of amides is 2. The highest BCUT2D eigenvalue weighted by molar-refractivity contribution is 5.74. The fourth-order valence-corrected chi connectivity index (χ4v) is 2.05. The van der Waals surface area contributed by atoms with Crippen molar-refractivity contribution in [2.75, 3.05) is 33.4 Å². The molecule has 4 heteroatoms. The van der Waals surface area contributed by atoms with Gasteiger partial charge in [0.15, 0.2) is 0 Å². The molecule has 2 amide bonds. The fourth-order valence-electron chi connectivity index (χ4n) is 2.05. The Morgan fingerprint density at radius 1 is 1.40 bits per heavy atom. The van der Waals surface area contributed by atoms with Crippen molar-refractivity contribution in [1.29, 1.82) is 0 Å². The number of carbonyl (C=O) groups excluding carboxylic acids is 1. The highest BCUT2D eigenvalue weighted by Gasteiger charge is 2.34. The molecule has 86 valence electrons. The Hall–Kier alpha value is -0.770. The van der Waals surface area contributed by atoms with Gasteiger partial charge in [-0.25, -0.2) is 4.79 Å². The van der Waals surface area contributed by atoms with E-state index in [0.29, 0.717) is 19.3 Å². The first-order valence-corrected chi connectivity index (χ1v) is 5.79. The number of urea groups is 1. The molecule has 0 aromatic carbocycles. The van der Waals surface area contributed by atoms with Crippen molar-refractivity contribution >= 4 is 6.03 Å². The summed E-state index contributed by atoms with van der Waals surface area (Å²) in [4.78, 5) is 15.9. The summed E-state index contributed by atoms with van der Waals surface area (Å²) in [6.45, 7) is 4.98. The Bertz CT molecular complexity index is 235. The molecule has 2 fully saturated rings. The van der Waals surface area contributed by atoms with E-state index in [2.05, 4.69) is 6.92 Å². The second kappa shape index (κ2) is 4.39. The zero-order chi connectivity index (χ0) is 10.8. The van der Waals surface area contributed by atoms with E-state index in [1.807, 2.05) is 16.8 Å². The van der Waals surface area contributed by atoms with Crippen molar-refractivity contribution < 1.29 is 9.53 Å². The molecule has 0 aromatic heterocycles. The van der Waals surface area contributed by atoms with Gasteiger partial charge in [-0.3, -0.25) is 0 Å². The Morgan fingerprint density at radius 3 is 2.53 bits per heavy atom. The highest BCUT2D eigenvalue weighted by atomic mass is 16.5. The quantitative estimate of drug-likeness (QED) is 0.688. The lowest BCUT2D eigenvalue weighted by molar-refractivity contribution is 0.0418. The van der Waals surface area contributed by atoms with Crippen LogP contribution in [0.1, 0.15) is 19.8 Å². The summed E-state index contributed by atoms with van der Waals surface area (Å²) in [6, 6.07) is 0.554. The molecule has 1 saturated carbocycles. The van der Waals surface area contributed by atoms with E-state index < -0.39 is 0 Å². The third-order valence-corrected chi connectivity index (χ3v) is 3.50. The molecule has 1 aliphatic heterocycles. The van der Waals surface area contributed by atoms with E-state index in [1.54, 1.807) is 0 Å². The molecule has 0 aromatic rings. The van der Waals surface area contributed by atoms with Crippen LogP contribution in [0.3, 0.4) is 0 Å². The molecule has 0 N–H and O–H groups in total. The maximum Gasteiger partial charge on any atom is 0.320 e. The van der Waals surface area contributed by atoms with Crippen LogP contribution < -0.4 is 0 Å². The van der Waals surface area contributed by atoms with Gasteiger partial charge in [0, 0.05) is 26.2 Å². The van der Waals surface area contributed by atoms with Gasteiger partial charge in [-0.2, -0.15) is 0 Å². The summed E-state index contributed by atoms with van der Waals surface area (Å²) in [5.74, 6) is 0.736. The van der Waals surface area contributed by atoms with E-state index in [9.17, 15) is 4.79 Å². The van der Waals surface area contributed by atoms with Gasteiger partial charge < -0.3 is 14.5 Å². The Kier molecular flexibility index (Phi) is 3.14. The van der Waals surface area contributed by atoms with Crippen molar-refractivity contribution in [2.24, 2.45) is 5.92 Å². The van der Waals surface area contributed by atoms with Crippen molar-refractivity contribution in [1.82, 2.24) is 9.80 Å². The van der Waals surface area contributed by atoms with Gasteiger partial charge in [-0.05, 0) is 25.7 Å². The Balaban J connectivity index is 1.87. The van der Waals surface area contributed by atoms with Crippen molar-refractivity contribution in [3.8, 4) is 0 Å². The molecule has 15 heavy (non-hydrogen) atoms. The molecular weight excluding hydrogens is 192 g/mol. The Labute approximate surface area is 91.2 Å². The molecule has 1 saturated heterocycles. The minimum Gasteiger partial charge on any atom is -0.378 e. The third kappa shape index (κ3) is 2.43. The lowest BCUT2D eigenvalue weighted by Gasteiger charge is -2.34. The predicted molar refractivity (Wildman–Crippen MR) is 57.7 cm³/mol. The molecule has 0 bridgehead atoms. The molecule has 1 heterocycles. The summed E-state index contributed by atoms with van der Waals surface area (Å²) < 4.78 is 5.24. The SMILES string of the molecule is CC(C1CC1)N(C)C(=O)N1CCOCC1. The third-order valence-electron chi connectivity index (χ3n) is 3.50. The normalized spacial score (nSPS) is 23.7. The molecule has 0 radical (unpaired) electrons. The molecule has 2 aliphatic rings. The number of ether oxygens (including phenoxy) is 1. The average molecular weight is 212 g/mol. The standard InChI is InChI=1S/C11H20N2O2/c1-9(10-3-4-10)12(2)11(14)13-5-7-15-8-6-13/h9-10H,3-8H2,1-2H3. The molecule has 1 unspecified atom stereocenters. The minimum atomic E-state index is 0.165. The maximum atomic E-state index is 12.1. The number of morpholine rings is 1. The average Bonchev–Trinajstić information content (AvgIpc) is 3.11. The lowest BCUT2D eigenvalue weighted by atomic mass is 10.2. The molecule has 4 nitrogen and oxygen atoms in total. The lowest BCUT2D eigenvalue weighted by Crippen LogP contribution is -2.49. The maximum absolute atomic E-state index is 12.1. The van der Waals surface area contributed by atoms with Crippen LogP contribution in [0.4, 0.5) is 4.79 Å². The van der Waals surface area contributed by atoms with Crippen molar-refractivity contribution in [2.45, 2.75) is 25.8 Å². The molecule has 2 rings (SSSR count). The smallest absolute Gasteiger partial charge is 0.320 e. The summed E-state index contributed by atoms with van der Waals surface area (Å²) in [5.41, 5.74) is 0. The fraction of sp³-hybridized carbons (Fsp3) is 0.909. The van der Waals surface area contributed by atoms with Crippen LogP contribution in [0, 0.1) is 5.92 Å². The predicted octanol–water partition coefficient (Wildman–Crippen LogP) is 1.17. The van der Waals surface area contributed by atoms with Crippen molar-refractivity contribution in [3.05, 3.63) is 0 Å². The summed E-state index contributed by atoms with van der Waals surface area (Å²) in [7, 11) is 1.92. The number of hydrogen-bond acceptors (Lipinski definition) is 2. The van der Waals surface area contributed by atoms with Gasteiger partial charge in [-0.1, -0.05) is 0 Å². The molecule has 1 aliphatic carbocycles. The monoisotopic (exact) mass is 212 g/mol. The Morgan fingerprint density at radius 2 is 2.00 bits per heavy atom. The first kappa shape index (κ1) is 10.7. The van der Waals surface area contributed by atoms with Gasteiger partial charge in [0.1, 0.15) is 0 Å². The van der Waals surface area contributed by atoms with Crippen LogP contribution in [0.15, 0.2) is 0 Å². The van der Waals surface area contributed by atoms with Crippen LogP contribution in [-0.2, 0) is 4.74 Å².